The molecule has 38 heavy (non-hydrogen) atoms. The first-order valence-corrected chi connectivity index (χ1v) is 14.2. The molecule has 0 aliphatic carbocycles. The second-order valence-electron chi connectivity index (χ2n) is 9.72. The molecule has 0 fully saturated rings. The summed E-state index contributed by atoms with van der Waals surface area (Å²) in [5.41, 5.74) is 0.849. The normalized spacial score (nSPS) is 10.7. The second kappa shape index (κ2) is 18.2. The molecule has 1 heterocycles. The van der Waals surface area contributed by atoms with Crippen molar-refractivity contribution in [2.75, 3.05) is 19.8 Å². The summed E-state index contributed by atoms with van der Waals surface area (Å²) < 4.78 is 19.8. The van der Waals surface area contributed by atoms with E-state index in [1.807, 2.05) is 42.1 Å². The lowest BCUT2D eigenvalue weighted by Gasteiger charge is -2.19. The highest BCUT2D eigenvalue weighted by molar-refractivity contribution is 5.94. The summed E-state index contributed by atoms with van der Waals surface area (Å²) in [6.45, 7) is 6.99. The van der Waals surface area contributed by atoms with Crippen LogP contribution in [0.15, 0.2) is 42.6 Å². The molecule has 1 aromatic carbocycles. The van der Waals surface area contributed by atoms with Crippen molar-refractivity contribution in [2.24, 2.45) is 7.05 Å². The smallest absolute Gasteiger partial charge is 0.267 e. The van der Waals surface area contributed by atoms with Crippen LogP contribution >= 0.6 is 0 Å². The van der Waals surface area contributed by atoms with Gasteiger partial charge in [0.05, 0.1) is 13.2 Å². The average molecular weight is 528 g/mol. The fourth-order valence-corrected chi connectivity index (χ4v) is 4.07. The number of pyridine rings is 1. The van der Waals surface area contributed by atoms with Crippen molar-refractivity contribution in [2.45, 2.75) is 91.5 Å². The van der Waals surface area contributed by atoms with Gasteiger partial charge in [0.2, 0.25) is 11.6 Å². The number of nitrogens with zero attached hydrogens (tertiary/aromatic N) is 2. The van der Waals surface area contributed by atoms with E-state index in [1.165, 1.54) is 50.3 Å². The van der Waals surface area contributed by atoms with Gasteiger partial charge < -0.3 is 14.2 Å². The zero-order valence-corrected chi connectivity index (χ0v) is 23.9. The lowest BCUT2D eigenvalue weighted by Crippen LogP contribution is -2.42. The van der Waals surface area contributed by atoms with Crippen molar-refractivity contribution in [3.05, 3.63) is 48.3 Å². The van der Waals surface area contributed by atoms with Crippen LogP contribution in [0.4, 0.5) is 0 Å². The van der Waals surface area contributed by atoms with E-state index in [-0.39, 0.29) is 19.1 Å². The van der Waals surface area contributed by atoms with Crippen molar-refractivity contribution in [1.82, 2.24) is 4.90 Å². The van der Waals surface area contributed by atoms with Gasteiger partial charge in [-0.25, -0.2) is 4.57 Å². The number of rotatable bonds is 19. The summed E-state index contributed by atoms with van der Waals surface area (Å²) in [6, 6.07) is 11.1. The van der Waals surface area contributed by atoms with Gasteiger partial charge in [-0.15, -0.1) is 0 Å². The third kappa shape index (κ3) is 11.5. The second-order valence-corrected chi connectivity index (χ2v) is 9.72. The molecule has 1 aromatic heterocycles. The third-order valence-corrected chi connectivity index (χ3v) is 6.45. The van der Waals surface area contributed by atoms with Gasteiger partial charge in [-0.05, 0) is 25.0 Å². The van der Waals surface area contributed by atoms with Gasteiger partial charge in [-0.3, -0.25) is 14.5 Å². The Hall–Kier alpha value is -3.09. The Kier molecular flexibility index (Phi) is 14.9. The van der Waals surface area contributed by atoms with Gasteiger partial charge in [-0.2, -0.15) is 0 Å². The molecule has 0 saturated heterocycles. The van der Waals surface area contributed by atoms with Crippen LogP contribution in [-0.2, 0) is 23.2 Å². The molecule has 0 spiro atoms. The number of carbonyl (C=O) groups excluding carboxylic acids is 2. The number of hydrogen-bond acceptors (Lipinski definition) is 5. The summed E-state index contributed by atoms with van der Waals surface area (Å²) >= 11 is 0. The van der Waals surface area contributed by atoms with Crippen molar-refractivity contribution >= 4 is 11.8 Å². The van der Waals surface area contributed by atoms with Crippen LogP contribution in [0.3, 0.4) is 0 Å². The van der Waals surface area contributed by atoms with Crippen LogP contribution in [0.2, 0.25) is 0 Å². The number of carbonyl (C=O) groups is 2. The van der Waals surface area contributed by atoms with Crippen LogP contribution in [0, 0.1) is 0 Å². The molecular weight excluding hydrogens is 480 g/mol. The predicted octanol–water partition coefficient (Wildman–Crippen LogP) is 6.16. The summed E-state index contributed by atoms with van der Waals surface area (Å²) in [7, 11) is 1.88. The van der Waals surface area contributed by atoms with Crippen molar-refractivity contribution in [1.29, 1.82) is 0 Å². The standard InChI is InChI=1S/C31H47N2O5/c1-5-7-9-11-15-21-36-29-19-18-28(23-30(29)37-22-16-12-10-8-6-2)38-25-31(35)33(26(3)34)24-27-17-13-14-20-32(27)4/h13-14,17-20,23H,5-12,15-16,21-22,24-25H2,1-4H3/q+1. The lowest BCUT2D eigenvalue weighted by molar-refractivity contribution is -0.679. The number of benzene rings is 1. The number of aryl methyl sites for hydroxylation is 1. The first kappa shape index (κ1) is 31.1. The Labute approximate surface area is 229 Å². The minimum atomic E-state index is -0.396. The van der Waals surface area contributed by atoms with Gasteiger partial charge in [0.25, 0.3) is 5.91 Å². The molecule has 7 nitrogen and oxygen atoms in total. The first-order chi connectivity index (χ1) is 18.5. The molecule has 0 unspecified atom stereocenters. The van der Waals surface area contributed by atoms with Gasteiger partial charge in [0, 0.05) is 25.1 Å². The number of hydrogen-bond donors (Lipinski definition) is 0. The third-order valence-electron chi connectivity index (χ3n) is 6.45. The number of aromatic nitrogens is 1. The van der Waals surface area contributed by atoms with E-state index in [2.05, 4.69) is 13.8 Å². The monoisotopic (exact) mass is 527 g/mol. The molecule has 0 N–H and O–H groups in total. The van der Waals surface area contributed by atoms with E-state index in [9.17, 15) is 9.59 Å². The number of unbranched alkanes of at least 4 members (excludes halogenated alkanes) is 8. The highest BCUT2D eigenvalue weighted by Crippen LogP contribution is 2.32. The van der Waals surface area contributed by atoms with Crippen LogP contribution < -0.4 is 18.8 Å². The maximum atomic E-state index is 12.9. The van der Waals surface area contributed by atoms with Crippen molar-refractivity contribution in [3.63, 3.8) is 0 Å². The van der Waals surface area contributed by atoms with E-state index < -0.39 is 5.91 Å². The molecule has 0 saturated carbocycles. The van der Waals surface area contributed by atoms with Crippen LogP contribution in [-0.4, -0.2) is 36.5 Å². The van der Waals surface area contributed by atoms with Gasteiger partial charge >= 0.3 is 0 Å². The molecular formula is C31H47N2O5+. The summed E-state index contributed by atoms with van der Waals surface area (Å²) in [5.74, 6) is 1.10. The first-order valence-electron chi connectivity index (χ1n) is 14.2. The van der Waals surface area contributed by atoms with Crippen LogP contribution in [0.5, 0.6) is 17.2 Å². The van der Waals surface area contributed by atoms with Crippen LogP contribution in [0.25, 0.3) is 0 Å². The molecule has 2 aromatic rings. The summed E-state index contributed by atoms with van der Waals surface area (Å²) in [5, 5.41) is 0. The maximum absolute atomic E-state index is 12.9. The molecule has 0 aliphatic heterocycles. The van der Waals surface area contributed by atoms with E-state index in [0.717, 1.165) is 31.4 Å². The number of imide groups is 1. The molecule has 2 amide bonds. The highest BCUT2D eigenvalue weighted by Gasteiger charge is 2.22. The van der Waals surface area contributed by atoms with Crippen molar-refractivity contribution in [3.8, 4) is 17.2 Å². The minimum Gasteiger partial charge on any atom is -0.490 e. The summed E-state index contributed by atoms with van der Waals surface area (Å²) in [6.07, 6.45) is 13.5. The highest BCUT2D eigenvalue weighted by atomic mass is 16.5. The average Bonchev–Trinajstić information content (AvgIpc) is 2.91. The van der Waals surface area contributed by atoms with Crippen molar-refractivity contribution < 1.29 is 28.4 Å². The molecule has 0 atom stereocenters. The number of ether oxygens (including phenoxy) is 3. The minimum absolute atomic E-state index is 0.187. The Balaban J connectivity index is 2.00. The largest absolute Gasteiger partial charge is 0.490 e. The molecule has 7 heteroatoms. The number of amides is 2. The topological polar surface area (TPSA) is 69.0 Å². The Morgan fingerprint density at radius 3 is 2.03 bits per heavy atom. The van der Waals surface area contributed by atoms with E-state index in [1.54, 1.807) is 12.1 Å². The van der Waals surface area contributed by atoms with Gasteiger partial charge in [0.15, 0.2) is 24.3 Å². The Morgan fingerprint density at radius 2 is 1.42 bits per heavy atom. The fourth-order valence-electron chi connectivity index (χ4n) is 4.07. The molecule has 2 rings (SSSR count). The van der Waals surface area contributed by atoms with E-state index >= 15 is 0 Å². The Bertz CT molecular complexity index is 978. The molecule has 0 radical (unpaired) electrons. The zero-order valence-electron chi connectivity index (χ0n) is 23.9. The quantitative estimate of drug-likeness (QED) is 0.162. The molecule has 0 aliphatic rings. The fraction of sp³-hybridized carbons (Fsp3) is 0.581. The maximum Gasteiger partial charge on any atom is 0.267 e. The van der Waals surface area contributed by atoms with Gasteiger partial charge in [0.1, 0.15) is 19.3 Å². The van der Waals surface area contributed by atoms with Gasteiger partial charge in [-0.1, -0.05) is 71.3 Å². The Morgan fingerprint density at radius 1 is 0.789 bits per heavy atom. The summed E-state index contributed by atoms with van der Waals surface area (Å²) in [4.78, 5) is 26.3. The lowest BCUT2D eigenvalue weighted by atomic mass is 10.2. The van der Waals surface area contributed by atoms with E-state index in [0.29, 0.717) is 30.5 Å². The molecule has 0 bridgehead atoms. The van der Waals surface area contributed by atoms with E-state index in [4.69, 9.17) is 14.2 Å². The molecule has 210 valence electrons. The zero-order chi connectivity index (χ0) is 27.6. The predicted molar refractivity (Wildman–Crippen MR) is 149 cm³/mol. The van der Waals surface area contributed by atoms with Crippen LogP contribution in [0.1, 0.15) is 90.7 Å². The SMILES string of the molecule is CCCCCCCOc1ccc(OCC(=O)N(Cc2cccc[n+]2C)C(C)=O)cc1OCCCCCCC.